The Morgan fingerprint density at radius 3 is 2.55 bits per heavy atom. The zero-order valence-electron chi connectivity index (χ0n) is 17.7. The summed E-state index contributed by atoms with van der Waals surface area (Å²) in [7, 11) is 3.15. The minimum absolute atomic E-state index is 0.160. The Labute approximate surface area is 197 Å². The number of carbonyl (C=O) groups excluding carboxylic acids is 2. The van der Waals surface area contributed by atoms with Crippen LogP contribution in [0.1, 0.15) is 10.5 Å². The first-order valence-electron chi connectivity index (χ1n) is 9.73. The normalized spacial score (nSPS) is 10.5. The second-order valence-electron chi connectivity index (χ2n) is 6.63. The molecule has 0 aliphatic carbocycles. The highest BCUT2D eigenvalue weighted by molar-refractivity contribution is 7.14. The zero-order chi connectivity index (χ0) is 23.2. The van der Waals surface area contributed by atoms with E-state index in [1.54, 1.807) is 43.2 Å². The van der Waals surface area contributed by atoms with E-state index in [2.05, 4.69) is 15.3 Å². The Hall–Kier alpha value is -3.76. The van der Waals surface area contributed by atoms with E-state index < -0.39 is 18.5 Å². The monoisotopic (exact) mass is 481 g/mol. The maximum Gasteiger partial charge on any atom is 0.358 e. The first-order valence-corrected chi connectivity index (χ1v) is 11.5. The molecule has 4 aromatic rings. The molecular weight excluding hydrogens is 462 g/mol. The predicted molar refractivity (Wildman–Crippen MR) is 127 cm³/mol. The van der Waals surface area contributed by atoms with E-state index in [-0.39, 0.29) is 5.69 Å². The minimum Gasteiger partial charge on any atom is -0.497 e. The molecule has 2 aromatic carbocycles. The third-order valence-electron chi connectivity index (χ3n) is 4.50. The maximum absolute atomic E-state index is 12.3. The largest absolute Gasteiger partial charge is 0.497 e. The van der Waals surface area contributed by atoms with E-state index >= 15 is 0 Å². The van der Waals surface area contributed by atoms with E-state index in [4.69, 9.17) is 14.2 Å². The van der Waals surface area contributed by atoms with Gasteiger partial charge in [0.2, 0.25) is 0 Å². The van der Waals surface area contributed by atoms with Gasteiger partial charge in [0.15, 0.2) is 17.4 Å². The summed E-state index contributed by atoms with van der Waals surface area (Å²) < 4.78 is 15.8. The molecule has 1 N–H and O–H groups in total. The second kappa shape index (κ2) is 10.2. The number of hydrogen-bond acceptors (Lipinski definition) is 9. The molecule has 8 nitrogen and oxygen atoms in total. The van der Waals surface area contributed by atoms with Crippen molar-refractivity contribution in [1.29, 1.82) is 0 Å². The van der Waals surface area contributed by atoms with Crippen LogP contribution in [0.3, 0.4) is 0 Å². The average molecular weight is 482 g/mol. The van der Waals surface area contributed by atoms with Gasteiger partial charge in [-0.1, -0.05) is 30.3 Å². The predicted octanol–water partition coefficient (Wildman–Crippen LogP) is 4.75. The molecule has 0 unspecified atom stereocenters. The van der Waals surface area contributed by atoms with Gasteiger partial charge in [-0.15, -0.1) is 22.7 Å². The number of methoxy groups -OCH3 is 2. The number of anilines is 1. The van der Waals surface area contributed by atoms with Crippen LogP contribution in [-0.4, -0.2) is 42.7 Å². The van der Waals surface area contributed by atoms with Crippen molar-refractivity contribution < 1.29 is 23.8 Å². The molecule has 0 spiro atoms. The minimum atomic E-state index is -0.662. The lowest BCUT2D eigenvalue weighted by Crippen LogP contribution is -2.21. The number of ether oxygens (including phenoxy) is 3. The molecule has 0 aliphatic heterocycles. The third kappa shape index (κ3) is 5.36. The molecule has 168 valence electrons. The van der Waals surface area contributed by atoms with Crippen LogP contribution >= 0.6 is 22.7 Å². The van der Waals surface area contributed by atoms with Crippen molar-refractivity contribution in [2.75, 3.05) is 26.1 Å². The Kier molecular flexibility index (Phi) is 6.96. The number of esters is 1. The number of amides is 1. The van der Waals surface area contributed by atoms with Gasteiger partial charge in [0.25, 0.3) is 5.91 Å². The van der Waals surface area contributed by atoms with Crippen LogP contribution in [0.25, 0.3) is 21.8 Å². The third-order valence-corrected chi connectivity index (χ3v) is 6.15. The number of rotatable bonds is 8. The fraction of sp³-hybridized carbons (Fsp3) is 0.130. The number of thiazole rings is 2. The van der Waals surface area contributed by atoms with Crippen molar-refractivity contribution in [3.05, 3.63) is 65.0 Å². The van der Waals surface area contributed by atoms with Crippen molar-refractivity contribution in [2.24, 2.45) is 0 Å². The molecule has 4 rings (SSSR count). The molecule has 33 heavy (non-hydrogen) atoms. The van der Waals surface area contributed by atoms with Crippen LogP contribution in [0.4, 0.5) is 5.13 Å². The van der Waals surface area contributed by atoms with Crippen molar-refractivity contribution in [1.82, 2.24) is 9.97 Å². The van der Waals surface area contributed by atoms with Gasteiger partial charge >= 0.3 is 5.97 Å². The Morgan fingerprint density at radius 2 is 1.79 bits per heavy atom. The van der Waals surface area contributed by atoms with Crippen molar-refractivity contribution in [3.8, 4) is 33.3 Å². The highest BCUT2D eigenvalue weighted by Gasteiger charge is 2.17. The van der Waals surface area contributed by atoms with Crippen LogP contribution in [0, 0.1) is 0 Å². The summed E-state index contributed by atoms with van der Waals surface area (Å²) in [5.74, 6) is 0.129. The topological polar surface area (TPSA) is 99.6 Å². The summed E-state index contributed by atoms with van der Waals surface area (Å²) >= 11 is 2.58. The van der Waals surface area contributed by atoms with E-state index in [0.29, 0.717) is 27.3 Å². The van der Waals surface area contributed by atoms with Crippen LogP contribution in [-0.2, 0) is 9.53 Å². The molecule has 2 aromatic heterocycles. The zero-order valence-corrected chi connectivity index (χ0v) is 19.4. The smallest absolute Gasteiger partial charge is 0.358 e. The summed E-state index contributed by atoms with van der Waals surface area (Å²) in [4.78, 5) is 33.2. The number of aromatic nitrogens is 2. The van der Waals surface area contributed by atoms with Gasteiger partial charge in [-0.25, -0.2) is 14.8 Å². The van der Waals surface area contributed by atoms with E-state index in [0.717, 1.165) is 11.1 Å². The lowest BCUT2D eigenvalue weighted by molar-refractivity contribution is -0.119. The van der Waals surface area contributed by atoms with Crippen molar-refractivity contribution >= 4 is 39.7 Å². The maximum atomic E-state index is 12.3. The molecule has 0 radical (unpaired) electrons. The first kappa shape index (κ1) is 22.4. The van der Waals surface area contributed by atoms with Crippen molar-refractivity contribution in [2.45, 2.75) is 0 Å². The van der Waals surface area contributed by atoms with Gasteiger partial charge in [-0.05, 0) is 18.2 Å². The lowest BCUT2D eigenvalue weighted by Gasteiger charge is -2.08. The second-order valence-corrected chi connectivity index (χ2v) is 8.35. The number of nitrogens with one attached hydrogen (secondary N) is 1. The summed E-state index contributed by atoms with van der Waals surface area (Å²) in [5.41, 5.74) is 2.43. The average Bonchev–Trinajstić information content (AvgIpc) is 3.53. The standard InChI is InChI=1S/C23H19N3O5S2/c1-29-15-8-9-19(30-2)16(10-15)17-12-33-23(25-17)26-20(27)11-31-22(28)18-13-32-21(24-18)14-6-4-3-5-7-14/h3-10,12-13H,11H2,1-2H3,(H,25,26,27). The van der Waals surface area contributed by atoms with E-state index in [9.17, 15) is 9.59 Å². The molecule has 10 heteroatoms. The lowest BCUT2D eigenvalue weighted by atomic mass is 10.1. The van der Waals surface area contributed by atoms with Gasteiger partial charge in [-0.2, -0.15) is 0 Å². The fourth-order valence-corrected chi connectivity index (χ4v) is 4.43. The van der Waals surface area contributed by atoms with Crippen molar-refractivity contribution in [3.63, 3.8) is 0 Å². The molecule has 0 saturated heterocycles. The summed E-state index contributed by atoms with van der Waals surface area (Å²) in [6, 6.07) is 14.9. The fourth-order valence-electron chi connectivity index (χ4n) is 2.91. The number of hydrogen-bond donors (Lipinski definition) is 1. The van der Waals surface area contributed by atoms with Gasteiger partial charge in [-0.3, -0.25) is 10.1 Å². The van der Waals surface area contributed by atoms with Crippen LogP contribution in [0.5, 0.6) is 11.5 Å². The SMILES string of the molecule is COc1ccc(OC)c(-c2csc(NC(=O)COC(=O)c3csc(-c4ccccc4)n3)n2)c1. The summed E-state index contributed by atoms with van der Waals surface area (Å²) in [6.45, 7) is -0.450. The van der Waals surface area contributed by atoms with Crippen LogP contribution in [0.2, 0.25) is 0 Å². The van der Waals surface area contributed by atoms with E-state index in [1.165, 1.54) is 22.7 Å². The van der Waals surface area contributed by atoms with Crippen LogP contribution in [0.15, 0.2) is 59.3 Å². The van der Waals surface area contributed by atoms with Gasteiger partial charge < -0.3 is 14.2 Å². The molecule has 0 fully saturated rings. The van der Waals surface area contributed by atoms with E-state index in [1.807, 2.05) is 30.3 Å². The first-order chi connectivity index (χ1) is 16.1. The molecular formula is C23H19N3O5S2. The van der Waals surface area contributed by atoms with Gasteiger partial charge in [0.05, 0.1) is 19.9 Å². The molecule has 1 amide bonds. The van der Waals surface area contributed by atoms with Gasteiger partial charge in [0, 0.05) is 21.9 Å². The summed E-state index contributed by atoms with van der Waals surface area (Å²) in [6.07, 6.45) is 0. The number of carbonyl (C=O) groups is 2. The van der Waals surface area contributed by atoms with Gasteiger partial charge in [0.1, 0.15) is 16.5 Å². The number of nitrogens with zero attached hydrogens (tertiary/aromatic N) is 2. The summed E-state index contributed by atoms with van der Waals surface area (Å²) in [5, 5.41) is 7.11. The highest BCUT2D eigenvalue weighted by Crippen LogP contribution is 2.35. The molecule has 0 atom stereocenters. The Morgan fingerprint density at radius 1 is 0.970 bits per heavy atom. The molecule has 0 saturated carbocycles. The molecule has 0 bridgehead atoms. The van der Waals surface area contributed by atoms with Crippen LogP contribution < -0.4 is 14.8 Å². The molecule has 0 aliphatic rings. The Bertz CT molecular complexity index is 1270. The quantitative estimate of drug-likeness (QED) is 0.363. The Balaban J connectivity index is 1.35. The number of benzene rings is 2. The molecule has 2 heterocycles. The highest BCUT2D eigenvalue weighted by atomic mass is 32.1.